The van der Waals surface area contributed by atoms with E-state index in [9.17, 15) is 9.59 Å². The Hall–Kier alpha value is -1.99. The lowest BCUT2D eigenvalue weighted by Gasteiger charge is -2.22. The number of thiazole rings is 1. The first kappa shape index (κ1) is 19.8. The molecule has 0 amide bonds. The minimum atomic E-state index is -0.491. The number of hydrogen-bond acceptors (Lipinski definition) is 5. The molecule has 27 heavy (non-hydrogen) atoms. The molecule has 5 nitrogen and oxygen atoms in total. The summed E-state index contributed by atoms with van der Waals surface area (Å²) in [6, 6.07) is 7.19. The number of fused-ring (bicyclic) bond motifs is 1. The number of esters is 1. The number of hydrogen-bond donors (Lipinski definition) is 0. The third-order valence-corrected chi connectivity index (χ3v) is 5.90. The molecule has 0 bridgehead atoms. The summed E-state index contributed by atoms with van der Waals surface area (Å²) in [7, 11) is 0. The fourth-order valence-electron chi connectivity index (χ4n) is 3.02. The van der Waals surface area contributed by atoms with Gasteiger partial charge in [-0.2, -0.15) is 0 Å². The van der Waals surface area contributed by atoms with E-state index in [0.29, 0.717) is 20.6 Å². The van der Waals surface area contributed by atoms with Gasteiger partial charge in [-0.15, -0.1) is 0 Å². The Bertz CT molecular complexity index is 1060. The Morgan fingerprint density at radius 1 is 1.33 bits per heavy atom. The topological polar surface area (TPSA) is 60.7 Å². The highest BCUT2D eigenvalue weighted by molar-refractivity contribution is 9.10. The van der Waals surface area contributed by atoms with E-state index >= 15 is 0 Å². The van der Waals surface area contributed by atoms with Gasteiger partial charge in [0, 0.05) is 10.2 Å². The third kappa shape index (κ3) is 3.84. The van der Waals surface area contributed by atoms with E-state index < -0.39 is 12.0 Å². The van der Waals surface area contributed by atoms with Crippen LogP contribution in [-0.2, 0) is 9.53 Å². The molecule has 0 saturated heterocycles. The number of halogens is 1. The van der Waals surface area contributed by atoms with Gasteiger partial charge >= 0.3 is 5.97 Å². The highest BCUT2D eigenvalue weighted by atomic mass is 79.9. The van der Waals surface area contributed by atoms with Crippen LogP contribution in [0.3, 0.4) is 0 Å². The van der Waals surface area contributed by atoms with Gasteiger partial charge in [-0.3, -0.25) is 9.36 Å². The quantitative estimate of drug-likeness (QED) is 0.658. The predicted molar refractivity (Wildman–Crippen MR) is 111 cm³/mol. The Kier molecular flexibility index (Phi) is 6.11. The van der Waals surface area contributed by atoms with E-state index in [1.54, 1.807) is 13.8 Å². The van der Waals surface area contributed by atoms with E-state index in [0.717, 1.165) is 22.9 Å². The van der Waals surface area contributed by atoms with Crippen molar-refractivity contribution in [2.24, 2.45) is 4.99 Å². The molecule has 0 fully saturated rings. The first-order valence-corrected chi connectivity index (χ1v) is 10.5. The molecular weight excluding hydrogens is 428 g/mol. The number of carbonyl (C=O) groups is 1. The lowest BCUT2D eigenvalue weighted by Crippen LogP contribution is -2.35. The Morgan fingerprint density at radius 3 is 2.67 bits per heavy atom. The zero-order chi connectivity index (χ0) is 19.6. The first-order chi connectivity index (χ1) is 13.0. The summed E-state index contributed by atoms with van der Waals surface area (Å²) < 4.78 is 8.41. The van der Waals surface area contributed by atoms with Crippen LogP contribution in [0.25, 0.3) is 11.8 Å². The lowest BCUT2D eigenvalue weighted by molar-refractivity contribution is -0.138. The molecule has 0 aliphatic carbocycles. The van der Waals surface area contributed by atoms with Crippen LogP contribution < -0.4 is 14.9 Å². The maximum atomic E-state index is 12.8. The van der Waals surface area contributed by atoms with Crippen molar-refractivity contribution in [3.05, 3.63) is 59.6 Å². The van der Waals surface area contributed by atoms with Gasteiger partial charge in [-0.05, 0) is 38.0 Å². The monoisotopic (exact) mass is 448 g/mol. The fourth-order valence-corrected chi connectivity index (χ4v) is 4.33. The van der Waals surface area contributed by atoms with Gasteiger partial charge in [0.1, 0.15) is 6.04 Å². The molecule has 0 radical (unpaired) electrons. The van der Waals surface area contributed by atoms with Crippen LogP contribution in [0.15, 0.2) is 44.1 Å². The van der Waals surface area contributed by atoms with Crippen LogP contribution in [0, 0.1) is 0 Å². The van der Waals surface area contributed by atoms with Crippen LogP contribution in [0.5, 0.6) is 0 Å². The molecule has 1 aliphatic heterocycles. The molecule has 3 rings (SSSR count). The average molecular weight is 449 g/mol. The summed E-state index contributed by atoms with van der Waals surface area (Å²) in [5, 5.41) is 0. The number of unbranched alkanes of at least 4 members (excludes halogenated alkanes) is 1. The van der Waals surface area contributed by atoms with Gasteiger partial charge in [0.05, 0.1) is 16.7 Å². The van der Waals surface area contributed by atoms with Crippen LogP contribution in [0.1, 0.15) is 45.2 Å². The van der Waals surface area contributed by atoms with Crippen molar-refractivity contribution < 1.29 is 9.53 Å². The molecule has 142 valence electrons. The van der Waals surface area contributed by atoms with Gasteiger partial charge in [0.15, 0.2) is 4.80 Å². The summed E-state index contributed by atoms with van der Waals surface area (Å²) in [6.07, 6.45) is 3.74. The molecule has 0 saturated carbocycles. The second-order valence-electron chi connectivity index (χ2n) is 6.18. The molecule has 1 aliphatic rings. The average Bonchev–Trinajstić information content (AvgIpc) is 2.96. The molecule has 2 heterocycles. The summed E-state index contributed by atoms with van der Waals surface area (Å²) in [6.45, 7) is 5.89. The zero-order valence-electron chi connectivity index (χ0n) is 15.5. The minimum absolute atomic E-state index is 0.124. The Labute approximate surface area is 169 Å². The van der Waals surface area contributed by atoms with Crippen molar-refractivity contribution in [2.75, 3.05) is 6.61 Å². The van der Waals surface area contributed by atoms with Gasteiger partial charge in [-0.25, -0.2) is 9.79 Å². The zero-order valence-corrected chi connectivity index (χ0v) is 17.9. The molecule has 1 aromatic carbocycles. The lowest BCUT2D eigenvalue weighted by atomic mass is 9.97. The molecule has 0 unspecified atom stereocenters. The van der Waals surface area contributed by atoms with Crippen molar-refractivity contribution in [3.63, 3.8) is 0 Å². The van der Waals surface area contributed by atoms with E-state index in [1.807, 2.05) is 30.3 Å². The molecular formula is C20H21BrN2O3S. The van der Waals surface area contributed by atoms with E-state index in [4.69, 9.17) is 9.73 Å². The summed E-state index contributed by atoms with van der Waals surface area (Å²) in [5.41, 5.74) is 1.75. The predicted octanol–water partition coefficient (Wildman–Crippen LogP) is 3.42. The van der Waals surface area contributed by atoms with Crippen molar-refractivity contribution in [1.82, 2.24) is 4.57 Å². The van der Waals surface area contributed by atoms with Crippen LogP contribution in [0.4, 0.5) is 0 Å². The molecule has 0 spiro atoms. The van der Waals surface area contributed by atoms with Crippen molar-refractivity contribution >= 4 is 45.0 Å². The fraction of sp³-hybridized carbons (Fsp3) is 0.350. The SMILES string of the molecule is CCC/C=c1\sc2n(c1=O)C(C)=C(C(=O)OCC)[C@H](c1ccc(Br)cc1)N=2. The number of aromatic nitrogens is 1. The van der Waals surface area contributed by atoms with Crippen molar-refractivity contribution in [2.45, 2.75) is 39.7 Å². The smallest absolute Gasteiger partial charge is 0.338 e. The molecule has 1 atom stereocenters. The number of allylic oxidation sites excluding steroid dienone is 1. The van der Waals surface area contributed by atoms with Gasteiger partial charge in [0.25, 0.3) is 5.56 Å². The number of benzene rings is 1. The van der Waals surface area contributed by atoms with Gasteiger partial charge in [0.2, 0.25) is 0 Å². The van der Waals surface area contributed by atoms with E-state index in [1.165, 1.54) is 15.9 Å². The summed E-state index contributed by atoms with van der Waals surface area (Å²) in [5.74, 6) is -0.436. The van der Waals surface area contributed by atoms with Gasteiger partial charge < -0.3 is 4.74 Å². The summed E-state index contributed by atoms with van der Waals surface area (Å²) >= 11 is 4.80. The van der Waals surface area contributed by atoms with Crippen LogP contribution >= 0.6 is 27.3 Å². The van der Waals surface area contributed by atoms with E-state index in [2.05, 4.69) is 22.9 Å². The largest absolute Gasteiger partial charge is 0.463 e. The standard InChI is InChI=1S/C20H21BrN2O3S/c1-4-6-7-15-18(24)23-12(3)16(19(25)26-5-2)17(22-20(23)27-15)13-8-10-14(21)11-9-13/h7-11,17H,4-6H2,1-3H3/b15-7-/t17-/m0/s1. The molecule has 0 N–H and O–H groups in total. The van der Waals surface area contributed by atoms with Crippen molar-refractivity contribution in [1.29, 1.82) is 0 Å². The first-order valence-electron chi connectivity index (χ1n) is 8.91. The Morgan fingerprint density at radius 2 is 2.04 bits per heavy atom. The second kappa shape index (κ2) is 8.35. The van der Waals surface area contributed by atoms with Crippen LogP contribution in [-0.4, -0.2) is 17.1 Å². The maximum absolute atomic E-state index is 12.8. The Balaban J connectivity index is 2.25. The molecule has 7 heteroatoms. The minimum Gasteiger partial charge on any atom is -0.463 e. The number of carbonyl (C=O) groups excluding carboxylic acids is 1. The highest BCUT2D eigenvalue weighted by Gasteiger charge is 2.31. The normalized spacial score (nSPS) is 16.9. The maximum Gasteiger partial charge on any atom is 0.338 e. The highest BCUT2D eigenvalue weighted by Crippen LogP contribution is 2.32. The second-order valence-corrected chi connectivity index (χ2v) is 8.11. The van der Waals surface area contributed by atoms with E-state index in [-0.39, 0.29) is 12.2 Å². The number of rotatable bonds is 5. The molecule has 2 aromatic rings. The molecule has 1 aromatic heterocycles. The van der Waals surface area contributed by atoms with Gasteiger partial charge in [-0.1, -0.05) is 58.8 Å². The van der Waals surface area contributed by atoms with Crippen LogP contribution in [0.2, 0.25) is 0 Å². The number of nitrogens with zero attached hydrogens (tertiary/aromatic N) is 2. The third-order valence-electron chi connectivity index (χ3n) is 4.34. The number of ether oxygens (including phenoxy) is 1. The van der Waals surface area contributed by atoms with Crippen molar-refractivity contribution in [3.8, 4) is 0 Å². The summed E-state index contributed by atoms with van der Waals surface area (Å²) in [4.78, 5) is 30.9.